The van der Waals surface area contributed by atoms with Crippen LogP contribution in [0.2, 0.25) is 0 Å². The van der Waals surface area contributed by atoms with Gasteiger partial charge in [0.05, 0.1) is 6.26 Å². The molecule has 96 valence electrons. The highest BCUT2D eigenvalue weighted by Gasteiger charge is 1.92. The van der Waals surface area contributed by atoms with Crippen LogP contribution in [0.15, 0.2) is 12.3 Å². The predicted molar refractivity (Wildman–Crippen MR) is 72.8 cm³/mol. The second kappa shape index (κ2) is 14.5. The molecule has 0 amide bonds. The number of allylic oxidation sites excluding steroid dienone is 1. The van der Waals surface area contributed by atoms with Crippen molar-refractivity contribution in [2.75, 3.05) is 0 Å². The Kier molecular flexibility index (Phi) is 14.1. The highest BCUT2D eigenvalue weighted by molar-refractivity contribution is 4.70. The summed E-state index contributed by atoms with van der Waals surface area (Å²) in [5.74, 6) is 0. The molecule has 0 aliphatic carbocycles. The molecule has 0 saturated heterocycles. The van der Waals surface area contributed by atoms with Gasteiger partial charge in [0, 0.05) is 0 Å². The van der Waals surface area contributed by atoms with E-state index in [9.17, 15) is 0 Å². The molecule has 1 heteroatoms. The van der Waals surface area contributed by atoms with Crippen molar-refractivity contribution in [3.05, 3.63) is 12.3 Å². The molecule has 0 aromatic heterocycles. The molecule has 0 spiro atoms. The summed E-state index contributed by atoms with van der Waals surface area (Å²) in [6, 6.07) is 0. The molecule has 16 heavy (non-hydrogen) atoms. The van der Waals surface area contributed by atoms with Gasteiger partial charge in [-0.2, -0.15) is 0 Å². The Labute approximate surface area is 102 Å². The second-order valence-corrected chi connectivity index (χ2v) is 4.71. The van der Waals surface area contributed by atoms with Crippen LogP contribution in [0.4, 0.5) is 0 Å². The molecule has 1 nitrogen and oxygen atoms in total. The SMILES string of the molecule is CCCCCCCCCCCCC/C=C\O. The minimum Gasteiger partial charge on any atom is -0.516 e. The van der Waals surface area contributed by atoms with E-state index in [-0.39, 0.29) is 0 Å². The molecule has 0 unspecified atom stereocenters. The van der Waals surface area contributed by atoms with Gasteiger partial charge in [-0.25, -0.2) is 0 Å². The number of aliphatic hydroxyl groups is 1. The number of rotatable bonds is 12. The third-order valence-corrected chi connectivity index (χ3v) is 3.08. The van der Waals surface area contributed by atoms with Crippen molar-refractivity contribution in [3.63, 3.8) is 0 Å². The normalized spacial score (nSPS) is 11.3. The van der Waals surface area contributed by atoms with Crippen molar-refractivity contribution >= 4 is 0 Å². The summed E-state index contributed by atoms with van der Waals surface area (Å²) < 4.78 is 0. The van der Waals surface area contributed by atoms with Crippen molar-refractivity contribution in [2.45, 2.75) is 84.0 Å². The highest BCUT2D eigenvalue weighted by atomic mass is 16.2. The molecular weight excluding hydrogens is 196 g/mol. The number of unbranched alkanes of at least 4 members (excludes halogenated alkanes) is 11. The molecule has 1 N–H and O–H groups in total. The zero-order valence-electron chi connectivity index (χ0n) is 11.1. The van der Waals surface area contributed by atoms with Crippen molar-refractivity contribution in [3.8, 4) is 0 Å². The van der Waals surface area contributed by atoms with Crippen LogP contribution in [0.3, 0.4) is 0 Å². The molecule has 0 aliphatic rings. The summed E-state index contributed by atoms with van der Waals surface area (Å²) in [6.45, 7) is 2.27. The Bertz CT molecular complexity index is 140. The van der Waals surface area contributed by atoms with Gasteiger partial charge in [-0.1, -0.05) is 77.2 Å². The smallest absolute Gasteiger partial charge is 0.0751 e. The molecular formula is C15H30O. The Morgan fingerprint density at radius 1 is 0.688 bits per heavy atom. The summed E-state index contributed by atoms with van der Waals surface area (Å²) in [5, 5.41) is 8.45. The van der Waals surface area contributed by atoms with Crippen molar-refractivity contribution in [1.29, 1.82) is 0 Å². The number of hydrogen-bond acceptors (Lipinski definition) is 1. The Balaban J connectivity index is 2.88. The van der Waals surface area contributed by atoms with E-state index in [2.05, 4.69) is 6.92 Å². The van der Waals surface area contributed by atoms with Crippen molar-refractivity contribution in [2.24, 2.45) is 0 Å². The topological polar surface area (TPSA) is 20.2 Å². The van der Waals surface area contributed by atoms with Gasteiger partial charge in [-0.3, -0.25) is 0 Å². The van der Waals surface area contributed by atoms with Crippen LogP contribution in [-0.2, 0) is 0 Å². The first-order valence-corrected chi connectivity index (χ1v) is 7.21. The first kappa shape index (κ1) is 15.5. The standard InChI is InChI=1S/C15H30O/c1-2-3-4-5-6-7-8-9-10-11-12-13-14-15-16/h14-16H,2-13H2,1H3/b15-14-. The predicted octanol–water partition coefficient (Wildman–Crippen LogP) is 5.76. The first-order valence-electron chi connectivity index (χ1n) is 7.21. The van der Waals surface area contributed by atoms with Crippen LogP contribution < -0.4 is 0 Å². The molecule has 0 radical (unpaired) electrons. The van der Waals surface area contributed by atoms with E-state index in [4.69, 9.17) is 5.11 Å². The molecule has 0 aromatic carbocycles. The van der Waals surface area contributed by atoms with E-state index in [1.54, 1.807) is 0 Å². The highest BCUT2D eigenvalue weighted by Crippen LogP contribution is 2.11. The lowest BCUT2D eigenvalue weighted by molar-refractivity contribution is 0.469. The van der Waals surface area contributed by atoms with Gasteiger partial charge in [0.2, 0.25) is 0 Å². The van der Waals surface area contributed by atoms with Crippen LogP contribution in [0.5, 0.6) is 0 Å². The fourth-order valence-corrected chi connectivity index (χ4v) is 2.00. The summed E-state index contributed by atoms with van der Waals surface area (Å²) in [6.07, 6.45) is 19.3. The Morgan fingerprint density at radius 3 is 1.56 bits per heavy atom. The average molecular weight is 226 g/mol. The minimum atomic E-state index is 1.04. The summed E-state index contributed by atoms with van der Waals surface area (Å²) >= 11 is 0. The van der Waals surface area contributed by atoms with Gasteiger partial charge in [-0.15, -0.1) is 0 Å². The summed E-state index contributed by atoms with van der Waals surface area (Å²) in [7, 11) is 0. The number of aliphatic hydroxyl groups excluding tert-OH is 1. The van der Waals surface area contributed by atoms with Crippen molar-refractivity contribution in [1.82, 2.24) is 0 Å². The van der Waals surface area contributed by atoms with Crippen LogP contribution in [-0.4, -0.2) is 5.11 Å². The molecule has 0 heterocycles. The van der Waals surface area contributed by atoms with E-state index in [1.165, 1.54) is 70.6 Å². The maximum Gasteiger partial charge on any atom is 0.0751 e. The van der Waals surface area contributed by atoms with E-state index in [0.29, 0.717) is 0 Å². The maximum atomic E-state index is 8.45. The zero-order chi connectivity index (χ0) is 11.9. The summed E-state index contributed by atoms with van der Waals surface area (Å²) in [4.78, 5) is 0. The maximum absolute atomic E-state index is 8.45. The van der Waals surface area contributed by atoms with Crippen LogP contribution in [0, 0.1) is 0 Å². The lowest BCUT2D eigenvalue weighted by Gasteiger charge is -2.01. The van der Waals surface area contributed by atoms with Crippen LogP contribution in [0.25, 0.3) is 0 Å². The third kappa shape index (κ3) is 13.5. The van der Waals surface area contributed by atoms with Crippen LogP contribution >= 0.6 is 0 Å². The minimum absolute atomic E-state index is 1.04. The van der Waals surface area contributed by atoms with Crippen molar-refractivity contribution < 1.29 is 5.11 Å². The van der Waals surface area contributed by atoms with Gasteiger partial charge in [-0.05, 0) is 12.8 Å². The molecule has 0 atom stereocenters. The van der Waals surface area contributed by atoms with Gasteiger partial charge >= 0.3 is 0 Å². The van der Waals surface area contributed by atoms with E-state index in [1.807, 2.05) is 6.08 Å². The lowest BCUT2D eigenvalue weighted by atomic mass is 10.1. The van der Waals surface area contributed by atoms with Gasteiger partial charge in [0.25, 0.3) is 0 Å². The third-order valence-electron chi connectivity index (χ3n) is 3.08. The molecule has 0 rings (SSSR count). The number of hydrogen-bond donors (Lipinski definition) is 1. The molecule has 0 aliphatic heterocycles. The van der Waals surface area contributed by atoms with E-state index >= 15 is 0 Å². The fraction of sp³-hybridized carbons (Fsp3) is 0.867. The molecule has 0 saturated carbocycles. The fourth-order valence-electron chi connectivity index (χ4n) is 2.00. The average Bonchev–Trinajstić information content (AvgIpc) is 2.31. The zero-order valence-corrected chi connectivity index (χ0v) is 11.1. The second-order valence-electron chi connectivity index (χ2n) is 4.71. The van der Waals surface area contributed by atoms with Gasteiger partial charge < -0.3 is 5.11 Å². The molecule has 0 bridgehead atoms. The Hall–Kier alpha value is -0.460. The van der Waals surface area contributed by atoms with E-state index in [0.717, 1.165) is 12.7 Å². The quantitative estimate of drug-likeness (QED) is 0.331. The monoisotopic (exact) mass is 226 g/mol. The van der Waals surface area contributed by atoms with Gasteiger partial charge in [0.15, 0.2) is 0 Å². The summed E-state index contributed by atoms with van der Waals surface area (Å²) in [5.41, 5.74) is 0. The largest absolute Gasteiger partial charge is 0.516 e. The van der Waals surface area contributed by atoms with Crippen LogP contribution in [0.1, 0.15) is 84.0 Å². The molecule has 0 aromatic rings. The molecule has 0 fully saturated rings. The Morgan fingerprint density at radius 2 is 1.12 bits per heavy atom. The first-order chi connectivity index (χ1) is 7.91. The van der Waals surface area contributed by atoms with E-state index < -0.39 is 0 Å². The van der Waals surface area contributed by atoms with Gasteiger partial charge in [0.1, 0.15) is 0 Å². The lowest BCUT2D eigenvalue weighted by Crippen LogP contribution is -1.81.